The number of quaternary nitrogens is 1. The molecule has 1 saturated heterocycles. The van der Waals surface area contributed by atoms with Gasteiger partial charge in [-0.05, 0) is 23.8 Å². The molecular weight excluding hydrogens is 362 g/mol. The molecule has 27 heavy (non-hydrogen) atoms. The van der Waals surface area contributed by atoms with Crippen molar-refractivity contribution in [3.8, 4) is 0 Å². The number of carbonyl (C=O) groups excluding carboxylic acids is 2. The van der Waals surface area contributed by atoms with E-state index in [1.165, 1.54) is 0 Å². The summed E-state index contributed by atoms with van der Waals surface area (Å²) >= 11 is 6.07. The van der Waals surface area contributed by atoms with E-state index in [1.807, 2.05) is 53.4 Å². The Morgan fingerprint density at radius 3 is 2.41 bits per heavy atom. The van der Waals surface area contributed by atoms with Crippen LogP contribution in [-0.2, 0) is 9.59 Å². The van der Waals surface area contributed by atoms with Crippen LogP contribution in [0.3, 0.4) is 0 Å². The zero-order valence-corrected chi connectivity index (χ0v) is 15.8. The van der Waals surface area contributed by atoms with Crippen LogP contribution in [0.1, 0.15) is 5.56 Å². The second-order valence-electron chi connectivity index (χ2n) is 6.52. The number of benzene rings is 2. The minimum absolute atomic E-state index is 0.0124. The highest BCUT2D eigenvalue weighted by Crippen LogP contribution is 2.19. The SMILES string of the molecule is O=C(C[NH+]1CCN(C(=O)/C=C/c2ccccc2)CC1)Nc1ccccc1Cl. The van der Waals surface area contributed by atoms with E-state index in [1.54, 1.807) is 18.2 Å². The van der Waals surface area contributed by atoms with E-state index in [0.717, 1.165) is 23.6 Å². The molecular formula is C21H23ClN3O2+. The fraction of sp³-hybridized carbons (Fsp3) is 0.238. The van der Waals surface area contributed by atoms with Crippen LogP contribution in [0.5, 0.6) is 0 Å². The monoisotopic (exact) mass is 384 g/mol. The molecule has 2 aromatic rings. The van der Waals surface area contributed by atoms with Gasteiger partial charge in [-0.15, -0.1) is 0 Å². The Labute approximate surface area is 164 Å². The Hall–Kier alpha value is -2.63. The first-order valence-electron chi connectivity index (χ1n) is 9.02. The first-order chi connectivity index (χ1) is 13.1. The molecule has 0 unspecified atom stereocenters. The van der Waals surface area contributed by atoms with Crippen LogP contribution in [0.15, 0.2) is 60.7 Å². The summed E-state index contributed by atoms with van der Waals surface area (Å²) in [4.78, 5) is 27.5. The van der Waals surface area contributed by atoms with Gasteiger partial charge in [0.25, 0.3) is 5.91 Å². The molecule has 2 N–H and O–H groups in total. The standard InChI is InChI=1S/C21H22ClN3O2/c22-18-8-4-5-9-19(18)23-20(26)16-24-12-14-25(15-13-24)21(27)11-10-17-6-2-1-3-7-17/h1-11H,12-16H2,(H,23,26)/p+1/b11-10+. The molecule has 1 aliphatic rings. The van der Waals surface area contributed by atoms with Crippen molar-refractivity contribution < 1.29 is 14.5 Å². The molecule has 0 atom stereocenters. The number of nitrogens with one attached hydrogen (secondary N) is 2. The summed E-state index contributed by atoms with van der Waals surface area (Å²) in [7, 11) is 0. The molecule has 0 radical (unpaired) electrons. The van der Waals surface area contributed by atoms with Gasteiger partial charge in [-0.2, -0.15) is 0 Å². The van der Waals surface area contributed by atoms with E-state index in [4.69, 9.17) is 11.6 Å². The molecule has 140 valence electrons. The lowest BCUT2D eigenvalue weighted by Crippen LogP contribution is -3.15. The second kappa shape index (κ2) is 9.35. The third-order valence-electron chi connectivity index (χ3n) is 4.56. The maximum absolute atomic E-state index is 12.3. The van der Waals surface area contributed by atoms with Crippen molar-refractivity contribution in [1.29, 1.82) is 0 Å². The summed E-state index contributed by atoms with van der Waals surface area (Å²) in [6.07, 6.45) is 3.45. The largest absolute Gasteiger partial charge is 0.328 e. The van der Waals surface area contributed by atoms with Crippen LogP contribution < -0.4 is 10.2 Å². The molecule has 1 fully saturated rings. The molecule has 5 nitrogen and oxygen atoms in total. The number of rotatable bonds is 5. The van der Waals surface area contributed by atoms with Crippen LogP contribution in [0, 0.1) is 0 Å². The normalized spacial score (nSPS) is 15.1. The smallest absolute Gasteiger partial charge is 0.279 e. The number of piperazine rings is 1. The molecule has 1 aliphatic heterocycles. The van der Waals surface area contributed by atoms with Gasteiger partial charge in [-0.3, -0.25) is 9.59 Å². The quantitative estimate of drug-likeness (QED) is 0.771. The van der Waals surface area contributed by atoms with Gasteiger partial charge in [0.05, 0.1) is 36.9 Å². The highest BCUT2D eigenvalue weighted by atomic mass is 35.5. The molecule has 3 rings (SSSR count). The highest BCUT2D eigenvalue weighted by molar-refractivity contribution is 6.33. The molecule has 2 aromatic carbocycles. The lowest BCUT2D eigenvalue weighted by atomic mass is 10.2. The van der Waals surface area contributed by atoms with E-state index in [2.05, 4.69) is 5.32 Å². The summed E-state index contributed by atoms with van der Waals surface area (Å²) in [5, 5.41) is 3.38. The van der Waals surface area contributed by atoms with Gasteiger partial charge in [0.2, 0.25) is 5.91 Å². The lowest BCUT2D eigenvalue weighted by Gasteiger charge is -2.31. The molecule has 1 heterocycles. The molecule has 0 spiro atoms. The molecule has 0 saturated carbocycles. The van der Waals surface area contributed by atoms with Gasteiger partial charge >= 0.3 is 0 Å². The van der Waals surface area contributed by atoms with Gasteiger partial charge in [0.1, 0.15) is 0 Å². The van der Waals surface area contributed by atoms with Crippen molar-refractivity contribution in [2.75, 3.05) is 38.0 Å². The fourth-order valence-corrected chi connectivity index (χ4v) is 3.22. The van der Waals surface area contributed by atoms with Crippen molar-refractivity contribution >= 4 is 35.2 Å². The lowest BCUT2D eigenvalue weighted by molar-refractivity contribution is -0.895. The van der Waals surface area contributed by atoms with E-state index >= 15 is 0 Å². The average molecular weight is 385 g/mol. The van der Waals surface area contributed by atoms with E-state index in [-0.39, 0.29) is 11.8 Å². The minimum atomic E-state index is -0.0677. The van der Waals surface area contributed by atoms with E-state index < -0.39 is 0 Å². The number of halogens is 1. The number of anilines is 1. The average Bonchev–Trinajstić information content (AvgIpc) is 2.69. The third-order valence-corrected chi connectivity index (χ3v) is 4.89. The highest BCUT2D eigenvalue weighted by Gasteiger charge is 2.24. The van der Waals surface area contributed by atoms with Crippen molar-refractivity contribution in [3.63, 3.8) is 0 Å². The fourth-order valence-electron chi connectivity index (χ4n) is 3.04. The number of nitrogens with zero attached hydrogens (tertiary/aromatic N) is 1. The van der Waals surface area contributed by atoms with E-state index in [0.29, 0.717) is 30.3 Å². The molecule has 0 aromatic heterocycles. The van der Waals surface area contributed by atoms with Crippen LogP contribution in [-0.4, -0.2) is 49.4 Å². The molecule has 0 bridgehead atoms. The zero-order valence-electron chi connectivity index (χ0n) is 15.0. The number of amides is 2. The van der Waals surface area contributed by atoms with Crippen molar-refractivity contribution in [2.45, 2.75) is 0 Å². The Kier molecular flexibility index (Phi) is 6.63. The van der Waals surface area contributed by atoms with Gasteiger partial charge in [-0.1, -0.05) is 54.1 Å². The van der Waals surface area contributed by atoms with Gasteiger partial charge < -0.3 is 15.1 Å². The Balaban J connectivity index is 1.44. The van der Waals surface area contributed by atoms with Crippen LogP contribution in [0.2, 0.25) is 5.02 Å². The van der Waals surface area contributed by atoms with Crippen LogP contribution in [0.4, 0.5) is 5.69 Å². The molecule has 2 amide bonds. The summed E-state index contributed by atoms with van der Waals surface area (Å²) in [5.74, 6) is -0.0553. The second-order valence-corrected chi connectivity index (χ2v) is 6.93. The van der Waals surface area contributed by atoms with Crippen LogP contribution >= 0.6 is 11.6 Å². The third kappa shape index (κ3) is 5.67. The Morgan fingerprint density at radius 2 is 1.70 bits per heavy atom. The van der Waals surface area contributed by atoms with Crippen molar-refractivity contribution in [1.82, 2.24) is 4.90 Å². The first kappa shape index (κ1) is 19.1. The minimum Gasteiger partial charge on any atom is -0.328 e. The van der Waals surface area contributed by atoms with Crippen molar-refractivity contribution in [3.05, 3.63) is 71.3 Å². The zero-order chi connectivity index (χ0) is 19.1. The number of para-hydroxylation sites is 1. The Morgan fingerprint density at radius 1 is 1.04 bits per heavy atom. The summed E-state index contributed by atoms with van der Waals surface area (Å²) in [6, 6.07) is 17.0. The van der Waals surface area contributed by atoms with Crippen LogP contribution in [0.25, 0.3) is 6.08 Å². The molecule has 6 heteroatoms. The maximum atomic E-state index is 12.3. The number of hydrogen-bond acceptors (Lipinski definition) is 2. The predicted molar refractivity (Wildman–Crippen MR) is 108 cm³/mol. The van der Waals surface area contributed by atoms with E-state index in [9.17, 15) is 9.59 Å². The number of hydrogen-bond donors (Lipinski definition) is 2. The predicted octanol–water partition coefficient (Wildman–Crippen LogP) is 1.72. The molecule has 0 aliphatic carbocycles. The number of carbonyl (C=O) groups is 2. The van der Waals surface area contributed by atoms with Gasteiger partial charge in [-0.25, -0.2) is 0 Å². The Bertz CT molecular complexity index is 815. The maximum Gasteiger partial charge on any atom is 0.279 e. The summed E-state index contributed by atoms with van der Waals surface area (Å²) in [6.45, 7) is 3.16. The summed E-state index contributed by atoms with van der Waals surface area (Å²) in [5.41, 5.74) is 1.63. The van der Waals surface area contributed by atoms with Gasteiger partial charge in [0.15, 0.2) is 6.54 Å². The summed E-state index contributed by atoms with van der Waals surface area (Å²) < 4.78 is 0. The first-order valence-corrected chi connectivity index (χ1v) is 9.39. The van der Waals surface area contributed by atoms with Crippen molar-refractivity contribution in [2.24, 2.45) is 0 Å². The van der Waals surface area contributed by atoms with Gasteiger partial charge in [0, 0.05) is 6.08 Å². The topological polar surface area (TPSA) is 53.9 Å².